The van der Waals surface area contributed by atoms with Crippen molar-refractivity contribution in [3.05, 3.63) is 46.2 Å². The molecule has 0 spiro atoms. The fourth-order valence-electron chi connectivity index (χ4n) is 2.11. The Kier molecular flexibility index (Phi) is 6.10. The standard InChI is InChI=1S/C17H21BrN4O/c1-4-5-10-22(3)17-19-9-8-15(21-17)16(23)20-14-7-6-13(18)11-12(14)2/h6-9,11H,4-5,10H2,1-3H3,(H,20,23). The third kappa shape index (κ3) is 4.76. The van der Waals surface area contributed by atoms with Gasteiger partial charge in [0.1, 0.15) is 5.69 Å². The normalized spacial score (nSPS) is 10.4. The Labute approximate surface area is 145 Å². The fraction of sp³-hybridized carbons (Fsp3) is 0.353. The van der Waals surface area contributed by atoms with Gasteiger partial charge >= 0.3 is 0 Å². The largest absolute Gasteiger partial charge is 0.344 e. The summed E-state index contributed by atoms with van der Waals surface area (Å²) < 4.78 is 0.981. The van der Waals surface area contributed by atoms with Crippen molar-refractivity contribution in [3.8, 4) is 0 Å². The fourth-order valence-corrected chi connectivity index (χ4v) is 2.58. The number of nitrogens with one attached hydrogen (secondary N) is 1. The number of carbonyl (C=O) groups excluding carboxylic acids is 1. The van der Waals surface area contributed by atoms with Crippen LogP contribution in [0.4, 0.5) is 11.6 Å². The van der Waals surface area contributed by atoms with Gasteiger partial charge in [-0.1, -0.05) is 29.3 Å². The highest BCUT2D eigenvalue weighted by Gasteiger charge is 2.12. The van der Waals surface area contributed by atoms with Gasteiger partial charge in [0.2, 0.25) is 5.95 Å². The van der Waals surface area contributed by atoms with Crippen LogP contribution in [0.5, 0.6) is 0 Å². The van der Waals surface area contributed by atoms with Gasteiger partial charge in [-0.15, -0.1) is 0 Å². The second-order valence-electron chi connectivity index (χ2n) is 5.43. The number of hydrogen-bond donors (Lipinski definition) is 1. The molecule has 1 N–H and O–H groups in total. The first-order chi connectivity index (χ1) is 11.0. The van der Waals surface area contributed by atoms with Crippen molar-refractivity contribution in [2.24, 2.45) is 0 Å². The summed E-state index contributed by atoms with van der Waals surface area (Å²) >= 11 is 3.41. The van der Waals surface area contributed by atoms with Gasteiger partial charge in [0.25, 0.3) is 5.91 Å². The smallest absolute Gasteiger partial charge is 0.274 e. The number of aryl methyl sites for hydroxylation is 1. The van der Waals surface area contributed by atoms with Crippen LogP contribution in [-0.2, 0) is 0 Å². The Morgan fingerprint density at radius 2 is 2.13 bits per heavy atom. The second kappa shape index (κ2) is 8.06. The van der Waals surface area contributed by atoms with E-state index in [0.29, 0.717) is 11.6 Å². The molecule has 1 heterocycles. The van der Waals surface area contributed by atoms with Crippen molar-refractivity contribution >= 4 is 33.5 Å². The Balaban J connectivity index is 2.13. The zero-order valence-electron chi connectivity index (χ0n) is 13.6. The van der Waals surface area contributed by atoms with Crippen molar-refractivity contribution in [2.45, 2.75) is 26.7 Å². The zero-order chi connectivity index (χ0) is 16.8. The van der Waals surface area contributed by atoms with E-state index in [0.717, 1.165) is 35.1 Å². The Morgan fingerprint density at radius 1 is 1.35 bits per heavy atom. The summed E-state index contributed by atoms with van der Waals surface area (Å²) in [6.45, 7) is 4.96. The van der Waals surface area contributed by atoms with Crippen molar-refractivity contribution in [1.82, 2.24) is 9.97 Å². The SMILES string of the molecule is CCCCN(C)c1nccc(C(=O)Nc2ccc(Br)cc2C)n1. The number of rotatable bonds is 6. The van der Waals surface area contributed by atoms with Crippen LogP contribution in [0.15, 0.2) is 34.9 Å². The summed E-state index contributed by atoms with van der Waals surface area (Å²) in [5.74, 6) is 0.335. The van der Waals surface area contributed by atoms with Crippen molar-refractivity contribution in [3.63, 3.8) is 0 Å². The van der Waals surface area contributed by atoms with E-state index in [9.17, 15) is 4.79 Å². The summed E-state index contributed by atoms with van der Waals surface area (Å²) in [5.41, 5.74) is 2.13. The topological polar surface area (TPSA) is 58.1 Å². The molecule has 6 heteroatoms. The molecule has 0 aliphatic heterocycles. The Hall–Kier alpha value is -1.95. The average Bonchev–Trinajstić information content (AvgIpc) is 2.55. The molecule has 23 heavy (non-hydrogen) atoms. The molecule has 0 saturated carbocycles. The zero-order valence-corrected chi connectivity index (χ0v) is 15.2. The molecule has 0 atom stereocenters. The number of unbranched alkanes of at least 4 members (excludes halogenated alkanes) is 1. The summed E-state index contributed by atoms with van der Waals surface area (Å²) in [6.07, 6.45) is 3.79. The van der Waals surface area contributed by atoms with Gasteiger partial charge in [-0.25, -0.2) is 9.97 Å². The van der Waals surface area contributed by atoms with Crippen LogP contribution in [-0.4, -0.2) is 29.5 Å². The predicted octanol–water partition coefficient (Wildman–Crippen LogP) is 4.04. The average molecular weight is 377 g/mol. The van der Waals surface area contributed by atoms with E-state index in [1.165, 1.54) is 0 Å². The molecule has 0 aliphatic rings. The number of amides is 1. The lowest BCUT2D eigenvalue weighted by molar-refractivity contribution is 0.102. The summed E-state index contributed by atoms with van der Waals surface area (Å²) in [5, 5.41) is 2.89. The maximum absolute atomic E-state index is 12.4. The van der Waals surface area contributed by atoms with Crippen molar-refractivity contribution in [2.75, 3.05) is 23.8 Å². The Bertz CT molecular complexity index is 690. The highest BCUT2D eigenvalue weighted by molar-refractivity contribution is 9.10. The van der Waals surface area contributed by atoms with Gasteiger partial charge in [-0.05, 0) is 43.2 Å². The summed E-state index contributed by atoms with van der Waals surface area (Å²) in [4.78, 5) is 23.0. The van der Waals surface area contributed by atoms with Crippen molar-refractivity contribution < 1.29 is 4.79 Å². The minimum atomic E-state index is -0.233. The van der Waals surface area contributed by atoms with Gasteiger partial charge in [0, 0.05) is 29.9 Å². The van der Waals surface area contributed by atoms with E-state index in [2.05, 4.69) is 38.1 Å². The lowest BCUT2D eigenvalue weighted by atomic mass is 10.2. The molecule has 0 fully saturated rings. The van der Waals surface area contributed by atoms with E-state index in [1.54, 1.807) is 12.3 Å². The van der Waals surface area contributed by atoms with Crippen LogP contribution < -0.4 is 10.2 Å². The quantitative estimate of drug-likeness (QED) is 0.826. The molecule has 0 saturated heterocycles. The number of anilines is 2. The van der Waals surface area contributed by atoms with E-state index >= 15 is 0 Å². The molecule has 122 valence electrons. The van der Waals surface area contributed by atoms with Crippen LogP contribution >= 0.6 is 15.9 Å². The van der Waals surface area contributed by atoms with Gasteiger partial charge in [-0.2, -0.15) is 0 Å². The first-order valence-corrected chi connectivity index (χ1v) is 8.42. The molecule has 0 aliphatic carbocycles. The molecule has 0 unspecified atom stereocenters. The molecule has 1 aromatic carbocycles. The Morgan fingerprint density at radius 3 is 2.83 bits per heavy atom. The number of carbonyl (C=O) groups is 1. The molecular formula is C17H21BrN4O. The number of nitrogens with zero attached hydrogens (tertiary/aromatic N) is 3. The lowest BCUT2D eigenvalue weighted by Gasteiger charge is -2.16. The van der Waals surface area contributed by atoms with E-state index < -0.39 is 0 Å². The van der Waals surface area contributed by atoms with Gasteiger partial charge in [-0.3, -0.25) is 4.79 Å². The van der Waals surface area contributed by atoms with Crippen LogP contribution in [0.3, 0.4) is 0 Å². The number of hydrogen-bond acceptors (Lipinski definition) is 4. The van der Waals surface area contributed by atoms with Gasteiger partial charge in [0.15, 0.2) is 0 Å². The number of benzene rings is 1. The molecule has 2 rings (SSSR count). The molecule has 0 bridgehead atoms. The van der Waals surface area contributed by atoms with Crippen LogP contribution in [0.1, 0.15) is 35.8 Å². The molecular weight excluding hydrogens is 356 g/mol. The second-order valence-corrected chi connectivity index (χ2v) is 6.35. The van der Waals surface area contributed by atoms with E-state index in [-0.39, 0.29) is 5.91 Å². The maximum Gasteiger partial charge on any atom is 0.274 e. The lowest BCUT2D eigenvalue weighted by Crippen LogP contribution is -2.23. The minimum absolute atomic E-state index is 0.233. The predicted molar refractivity (Wildman–Crippen MR) is 97.0 cm³/mol. The van der Waals surface area contributed by atoms with Gasteiger partial charge in [0.05, 0.1) is 0 Å². The molecule has 1 aromatic heterocycles. The summed E-state index contributed by atoms with van der Waals surface area (Å²) in [6, 6.07) is 7.35. The third-order valence-corrected chi connectivity index (χ3v) is 3.99. The summed E-state index contributed by atoms with van der Waals surface area (Å²) in [7, 11) is 1.94. The van der Waals surface area contributed by atoms with E-state index in [4.69, 9.17) is 0 Å². The molecule has 2 aromatic rings. The van der Waals surface area contributed by atoms with Crippen molar-refractivity contribution in [1.29, 1.82) is 0 Å². The number of aromatic nitrogens is 2. The van der Waals surface area contributed by atoms with Crippen LogP contribution in [0, 0.1) is 6.92 Å². The van der Waals surface area contributed by atoms with Crippen LogP contribution in [0.2, 0.25) is 0 Å². The van der Waals surface area contributed by atoms with Crippen LogP contribution in [0.25, 0.3) is 0 Å². The first-order valence-electron chi connectivity index (χ1n) is 7.63. The molecule has 1 amide bonds. The van der Waals surface area contributed by atoms with Gasteiger partial charge < -0.3 is 10.2 Å². The first kappa shape index (κ1) is 17.4. The monoisotopic (exact) mass is 376 g/mol. The third-order valence-electron chi connectivity index (χ3n) is 3.50. The molecule has 5 nitrogen and oxygen atoms in total. The maximum atomic E-state index is 12.4. The highest BCUT2D eigenvalue weighted by Crippen LogP contribution is 2.20. The molecule has 0 radical (unpaired) electrons. The van der Waals surface area contributed by atoms with E-state index in [1.807, 2.05) is 37.1 Å². The minimum Gasteiger partial charge on any atom is -0.344 e. The number of halogens is 1. The highest BCUT2D eigenvalue weighted by atomic mass is 79.9.